The molecule has 0 amide bonds. The van der Waals surface area contributed by atoms with Gasteiger partial charge in [-0.05, 0) is 45.8 Å². The largest absolute Gasteiger partial charge is 0.493 e. The van der Waals surface area contributed by atoms with Gasteiger partial charge in [0.25, 0.3) is 5.56 Å². The molecule has 0 aliphatic rings. The van der Waals surface area contributed by atoms with Crippen LogP contribution in [0.25, 0.3) is 22.7 Å². The lowest BCUT2D eigenvalue weighted by Crippen LogP contribution is -2.11. The van der Waals surface area contributed by atoms with Crippen molar-refractivity contribution in [3.63, 3.8) is 0 Å². The molecule has 0 bridgehead atoms. The number of benzene rings is 1. The van der Waals surface area contributed by atoms with Crippen molar-refractivity contribution in [3.8, 4) is 28.6 Å². The fourth-order valence-electron chi connectivity index (χ4n) is 1.90. The zero-order valence-electron chi connectivity index (χ0n) is 10.4. The van der Waals surface area contributed by atoms with Crippen molar-refractivity contribution in [2.24, 2.45) is 0 Å². The van der Waals surface area contributed by atoms with Gasteiger partial charge in [-0.1, -0.05) is 28.1 Å². The fraction of sp³-hybridized carbons (Fsp3) is 0. The molecule has 7 heteroatoms. The molecular formula is C14H8Br2N2O3. The summed E-state index contributed by atoms with van der Waals surface area (Å²) in [6.07, 6.45) is 0. The third kappa shape index (κ3) is 2.79. The number of aromatic amines is 1. The molecule has 0 saturated carbocycles. The van der Waals surface area contributed by atoms with Crippen LogP contribution in [0.1, 0.15) is 0 Å². The lowest BCUT2D eigenvalue weighted by Gasteiger charge is -2.05. The minimum Gasteiger partial charge on any atom is -0.493 e. The molecule has 2 N–H and O–H groups in total. The lowest BCUT2D eigenvalue weighted by molar-refractivity contribution is 0.452. The number of furan rings is 1. The first kappa shape index (κ1) is 14.1. The van der Waals surface area contributed by atoms with Crippen molar-refractivity contribution >= 4 is 31.9 Å². The SMILES string of the molecule is O=c1[nH]c(-c2ccc(Br)o2)nc(O)c1-c1ccc(Br)cc1. The Morgan fingerprint density at radius 3 is 2.38 bits per heavy atom. The summed E-state index contributed by atoms with van der Waals surface area (Å²) in [6, 6.07) is 10.3. The van der Waals surface area contributed by atoms with Gasteiger partial charge >= 0.3 is 0 Å². The maximum absolute atomic E-state index is 12.2. The quantitative estimate of drug-likeness (QED) is 0.669. The van der Waals surface area contributed by atoms with Gasteiger partial charge in [-0.15, -0.1) is 0 Å². The second kappa shape index (κ2) is 5.50. The van der Waals surface area contributed by atoms with Crippen LogP contribution in [0.2, 0.25) is 0 Å². The number of aromatic nitrogens is 2. The van der Waals surface area contributed by atoms with E-state index in [1.807, 2.05) is 0 Å². The van der Waals surface area contributed by atoms with Crippen molar-refractivity contribution in [2.75, 3.05) is 0 Å². The van der Waals surface area contributed by atoms with Gasteiger partial charge in [0.05, 0.1) is 0 Å². The molecule has 0 radical (unpaired) electrons. The van der Waals surface area contributed by atoms with Gasteiger partial charge in [-0.25, -0.2) is 0 Å². The standard InChI is InChI=1S/C14H8Br2N2O3/c15-8-3-1-7(2-4-8)11-13(19)17-12(18-14(11)20)9-5-6-10(16)21-9/h1-6H,(H2,17,18,19,20). The Morgan fingerprint density at radius 2 is 1.81 bits per heavy atom. The zero-order valence-corrected chi connectivity index (χ0v) is 13.6. The van der Waals surface area contributed by atoms with Crippen LogP contribution in [0.3, 0.4) is 0 Å². The number of nitrogens with zero attached hydrogens (tertiary/aromatic N) is 1. The molecule has 0 fully saturated rings. The topological polar surface area (TPSA) is 79.1 Å². The van der Waals surface area contributed by atoms with Gasteiger partial charge in [0.1, 0.15) is 5.56 Å². The maximum Gasteiger partial charge on any atom is 0.263 e. The lowest BCUT2D eigenvalue weighted by atomic mass is 10.1. The smallest absolute Gasteiger partial charge is 0.263 e. The van der Waals surface area contributed by atoms with Crippen molar-refractivity contribution in [2.45, 2.75) is 0 Å². The third-order valence-corrected chi connectivity index (χ3v) is 3.79. The Balaban J connectivity index is 2.12. The van der Waals surface area contributed by atoms with E-state index in [1.54, 1.807) is 36.4 Å². The Bertz CT molecular complexity index is 853. The molecule has 0 saturated heterocycles. The van der Waals surface area contributed by atoms with Gasteiger partial charge in [-0.3, -0.25) is 4.79 Å². The summed E-state index contributed by atoms with van der Waals surface area (Å²) in [5.74, 6) is 0.185. The molecule has 5 nitrogen and oxygen atoms in total. The minimum atomic E-state index is -0.438. The third-order valence-electron chi connectivity index (χ3n) is 2.84. The highest BCUT2D eigenvalue weighted by molar-refractivity contribution is 9.10. The van der Waals surface area contributed by atoms with Crippen LogP contribution in [0, 0.1) is 0 Å². The number of hydrogen-bond acceptors (Lipinski definition) is 4. The van der Waals surface area contributed by atoms with Crippen LogP contribution < -0.4 is 5.56 Å². The fourth-order valence-corrected chi connectivity index (χ4v) is 2.47. The van der Waals surface area contributed by atoms with E-state index in [4.69, 9.17) is 4.42 Å². The van der Waals surface area contributed by atoms with Crippen molar-refractivity contribution in [3.05, 3.63) is 55.9 Å². The normalized spacial score (nSPS) is 10.8. The highest BCUT2D eigenvalue weighted by Crippen LogP contribution is 2.28. The van der Waals surface area contributed by atoms with E-state index in [0.29, 0.717) is 16.0 Å². The summed E-state index contributed by atoms with van der Waals surface area (Å²) in [5, 5.41) is 10.1. The highest BCUT2D eigenvalue weighted by atomic mass is 79.9. The number of H-pyrrole nitrogens is 1. The van der Waals surface area contributed by atoms with Crippen molar-refractivity contribution in [1.82, 2.24) is 9.97 Å². The van der Waals surface area contributed by atoms with Crippen LogP contribution in [-0.4, -0.2) is 15.1 Å². The van der Waals surface area contributed by atoms with Crippen LogP contribution in [0.4, 0.5) is 0 Å². The molecule has 0 atom stereocenters. The summed E-state index contributed by atoms with van der Waals surface area (Å²) in [7, 11) is 0. The predicted molar refractivity (Wildman–Crippen MR) is 85.1 cm³/mol. The van der Waals surface area contributed by atoms with Gasteiger partial charge < -0.3 is 14.5 Å². The van der Waals surface area contributed by atoms with Crippen LogP contribution in [-0.2, 0) is 0 Å². The molecule has 3 rings (SSSR count). The van der Waals surface area contributed by atoms with E-state index in [-0.39, 0.29) is 17.3 Å². The van der Waals surface area contributed by atoms with Crippen LogP contribution in [0.15, 0.2) is 54.8 Å². The molecule has 1 aromatic carbocycles. The summed E-state index contributed by atoms with van der Waals surface area (Å²) in [5.41, 5.74) is 0.265. The van der Waals surface area contributed by atoms with E-state index in [9.17, 15) is 9.90 Å². The molecule has 3 aromatic rings. The Kier molecular flexibility index (Phi) is 3.69. The number of aromatic hydroxyl groups is 1. The number of nitrogens with one attached hydrogen (secondary N) is 1. The molecule has 0 aliphatic carbocycles. The molecule has 2 heterocycles. The Labute approximate surface area is 135 Å². The summed E-state index contributed by atoms with van der Waals surface area (Å²) < 4.78 is 6.70. The van der Waals surface area contributed by atoms with Gasteiger partial charge in [0.15, 0.2) is 16.3 Å². The number of rotatable bonds is 2. The summed E-state index contributed by atoms with van der Waals surface area (Å²) >= 11 is 6.49. The monoisotopic (exact) mass is 410 g/mol. The Hall–Kier alpha value is -1.86. The number of hydrogen-bond donors (Lipinski definition) is 2. The minimum absolute atomic E-state index is 0.122. The van der Waals surface area contributed by atoms with E-state index in [2.05, 4.69) is 41.8 Å². The molecule has 0 spiro atoms. The van der Waals surface area contributed by atoms with E-state index >= 15 is 0 Å². The first-order valence-corrected chi connectivity index (χ1v) is 7.48. The Morgan fingerprint density at radius 1 is 1.10 bits per heavy atom. The second-order valence-electron chi connectivity index (χ2n) is 4.22. The molecular weight excluding hydrogens is 404 g/mol. The average molecular weight is 412 g/mol. The second-order valence-corrected chi connectivity index (χ2v) is 5.92. The highest BCUT2D eigenvalue weighted by Gasteiger charge is 2.15. The first-order valence-electron chi connectivity index (χ1n) is 5.89. The van der Waals surface area contributed by atoms with Crippen molar-refractivity contribution in [1.29, 1.82) is 0 Å². The van der Waals surface area contributed by atoms with Gasteiger partial charge in [0, 0.05) is 4.47 Å². The molecule has 2 aromatic heterocycles. The molecule has 21 heavy (non-hydrogen) atoms. The molecule has 0 unspecified atom stereocenters. The van der Waals surface area contributed by atoms with Crippen LogP contribution >= 0.6 is 31.9 Å². The van der Waals surface area contributed by atoms with E-state index in [1.165, 1.54) is 0 Å². The average Bonchev–Trinajstić information content (AvgIpc) is 2.87. The molecule has 0 aliphatic heterocycles. The van der Waals surface area contributed by atoms with E-state index < -0.39 is 5.56 Å². The predicted octanol–water partition coefficient (Wildman–Crippen LogP) is 3.93. The summed E-state index contributed by atoms with van der Waals surface area (Å²) in [6.45, 7) is 0. The van der Waals surface area contributed by atoms with Gasteiger partial charge in [0.2, 0.25) is 5.88 Å². The van der Waals surface area contributed by atoms with Gasteiger partial charge in [-0.2, -0.15) is 4.98 Å². The zero-order chi connectivity index (χ0) is 15.0. The van der Waals surface area contributed by atoms with Crippen LogP contribution in [0.5, 0.6) is 5.88 Å². The maximum atomic E-state index is 12.2. The molecule has 106 valence electrons. The summed E-state index contributed by atoms with van der Waals surface area (Å²) in [4.78, 5) is 18.8. The van der Waals surface area contributed by atoms with E-state index in [0.717, 1.165) is 4.47 Å². The number of halogens is 2. The van der Waals surface area contributed by atoms with Crippen molar-refractivity contribution < 1.29 is 9.52 Å². The first-order chi connectivity index (χ1) is 10.0.